The Balaban J connectivity index is 1.89. The highest BCUT2D eigenvalue weighted by Gasteiger charge is 2.20. The van der Waals surface area contributed by atoms with Crippen LogP contribution in [0.3, 0.4) is 0 Å². The Bertz CT molecular complexity index is 640. The van der Waals surface area contributed by atoms with Crippen LogP contribution in [0.15, 0.2) is 34.9 Å². The molecule has 1 heterocycles. The molecule has 0 radical (unpaired) electrons. The summed E-state index contributed by atoms with van der Waals surface area (Å²) in [4.78, 5) is 4.48. The highest BCUT2D eigenvalue weighted by atomic mass is 79.9. The zero-order valence-corrected chi connectivity index (χ0v) is 13.1. The molecule has 104 valence electrons. The first-order chi connectivity index (χ1) is 9.63. The average molecular weight is 332 g/mol. The van der Waals surface area contributed by atoms with Gasteiger partial charge in [0.1, 0.15) is 5.82 Å². The summed E-state index contributed by atoms with van der Waals surface area (Å²) in [6, 6.07) is 8.65. The lowest BCUT2D eigenvalue weighted by Gasteiger charge is -2.27. The minimum absolute atomic E-state index is 0.326. The van der Waals surface area contributed by atoms with E-state index in [1.165, 1.54) is 17.5 Å². The summed E-state index contributed by atoms with van der Waals surface area (Å²) < 4.78 is 1.01. The lowest BCUT2D eigenvalue weighted by Crippen LogP contribution is -2.18. The zero-order chi connectivity index (χ0) is 14.1. The van der Waals surface area contributed by atoms with Crippen molar-refractivity contribution in [3.8, 4) is 0 Å². The standard InChI is InChI=1S/C16H18BrN3/c1-10-7-12(17)9-19-16(10)20-15-4-2-3-11-8-13(18)5-6-14(11)15/h5-9,15H,2-4,18H2,1H3,(H,19,20). The number of anilines is 2. The van der Waals surface area contributed by atoms with Gasteiger partial charge in [-0.1, -0.05) is 6.07 Å². The summed E-state index contributed by atoms with van der Waals surface area (Å²) in [6.45, 7) is 2.08. The fraction of sp³-hybridized carbons (Fsp3) is 0.312. The maximum absolute atomic E-state index is 5.88. The van der Waals surface area contributed by atoms with Gasteiger partial charge in [-0.2, -0.15) is 0 Å². The number of nitrogens with zero attached hydrogens (tertiary/aromatic N) is 1. The molecule has 0 amide bonds. The molecule has 0 saturated heterocycles. The molecule has 1 aromatic carbocycles. The third kappa shape index (κ3) is 2.66. The van der Waals surface area contributed by atoms with E-state index in [2.05, 4.69) is 51.4 Å². The molecule has 0 bridgehead atoms. The van der Waals surface area contributed by atoms with Crippen LogP contribution in [-0.4, -0.2) is 4.98 Å². The predicted octanol–water partition coefficient (Wildman–Crippen LogP) is 4.22. The van der Waals surface area contributed by atoms with Gasteiger partial charge < -0.3 is 11.1 Å². The lowest BCUT2D eigenvalue weighted by atomic mass is 9.87. The smallest absolute Gasteiger partial charge is 0.129 e. The molecule has 3 rings (SSSR count). The zero-order valence-electron chi connectivity index (χ0n) is 11.5. The van der Waals surface area contributed by atoms with Crippen LogP contribution < -0.4 is 11.1 Å². The molecule has 1 aliphatic rings. The van der Waals surface area contributed by atoms with Crippen molar-refractivity contribution in [2.24, 2.45) is 0 Å². The Hall–Kier alpha value is -1.55. The minimum atomic E-state index is 0.326. The van der Waals surface area contributed by atoms with Crippen LogP contribution in [0.4, 0.5) is 11.5 Å². The number of nitrogens with one attached hydrogen (secondary N) is 1. The quantitative estimate of drug-likeness (QED) is 0.810. The van der Waals surface area contributed by atoms with Gasteiger partial charge in [-0.25, -0.2) is 4.98 Å². The summed E-state index contributed by atoms with van der Waals surface area (Å²) in [7, 11) is 0. The van der Waals surface area contributed by atoms with Crippen molar-refractivity contribution in [3.05, 3.63) is 51.6 Å². The van der Waals surface area contributed by atoms with Crippen molar-refractivity contribution < 1.29 is 0 Å². The van der Waals surface area contributed by atoms with Crippen molar-refractivity contribution >= 4 is 27.4 Å². The maximum atomic E-state index is 5.88. The van der Waals surface area contributed by atoms with Gasteiger partial charge in [0, 0.05) is 16.4 Å². The molecule has 0 fully saturated rings. The SMILES string of the molecule is Cc1cc(Br)cnc1NC1CCCc2cc(N)ccc21. The van der Waals surface area contributed by atoms with Crippen molar-refractivity contribution in [2.45, 2.75) is 32.2 Å². The third-order valence-corrected chi connectivity index (χ3v) is 4.27. The van der Waals surface area contributed by atoms with Crippen molar-refractivity contribution in [1.82, 2.24) is 4.98 Å². The third-order valence-electron chi connectivity index (χ3n) is 3.84. The van der Waals surface area contributed by atoms with Gasteiger partial charge in [0.15, 0.2) is 0 Å². The Morgan fingerprint density at radius 1 is 1.35 bits per heavy atom. The minimum Gasteiger partial charge on any atom is -0.399 e. The number of pyridine rings is 1. The first kappa shape index (κ1) is 13.4. The molecule has 1 atom stereocenters. The van der Waals surface area contributed by atoms with Crippen LogP contribution in [0.25, 0.3) is 0 Å². The number of aromatic nitrogens is 1. The molecule has 0 spiro atoms. The molecule has 3 N–H and O–H groups in total. The van der Waals surface area contributed by atoms with Gasteiger partial charge in [0.2, 0.25) is 0 Å². The van der Waals surface area contributed by atoms with E-state index in [9.17, 15) is 0 Å². The summed E-state index contributed by atoms with van der Waals surface area (Å²) in [5, 5.41) is 3.58. The van der Waals surface area contributed by atoms with Gasteiger partial charge in [-0.15, -0.1) is 0 Å². The van der Waals surface area contributed by atoms with E-state index < -0.39 is 0 Å². The topological polar surface area (TPSA) is 50.9 Å². The number of hydrogen-bond donors (Lipinski definition) is 2. The van der Waals surface area contributed by atoms with E-state index in [-0.39, 0.29) is 0 Å². The molecule has 0 saturated carbocycles. The number of benzene rings is 1. The molecule has 20 heavy (non-hydrogen) atoms. The largest absolute Gasteiger partial charge is 0.399 e. The second-order valence-electron chi connectivity index (χ2n) is 5.37. The van der Waals surface area contributed by atoms with Crippen LogP contribution in [0.5, 0.6) is 0 Å². The fourth-order valence-corrected chi connectivity index (χ4v) is 3.29. The first-order valence-electron chi connectivity index (χ1n) is 6.90. The summed E-state index contributed by atoms with van der Waals surface area (Å²) >= 11 is 3.45. The number of hydrogen-bond acceptors (Lipinski definition) is 3. The Kier molecular flexibility index (Phi) is 3.66. The van der Waals surface area contributed by atoms with Crippen LogP contribution in [0.1, 0.15) is 35.6 Å². The van der Waals surface area contributed by atoms with Gasteiger partial charge in [0.05, 0.1) is 6.04 Å². The molecule has 2 aromatic rings. The molecule has 4 heteroatoms. The Labute approximate surface area is 127 Å². The summed E-state index contributed by atoms with van der Waals surface area (Å²) in [6.07, 6.45) is 5.27. The van der Waals surface area contributed by atoms with Crippen LogP contribution in [0, 0.1) is 6.92 Å². The highest BCUT2D eigenvalue weighted by Crippen LogP contribution is 2.34. The molecule has 1 unspecified atom stereocenters. The normalized spacial score (nSPS) is 17.6. The van der Waals surface area contributed by atoms with E-state index in [4.69, 9.17) is 5.73 Å². The molecule has 3 nitrogen and oxygen atoms in total. The summed E-state index contributed by atoms with van der Waals surface area (Å²) in [5.74, 6) is 0.961. The van der Waals surface area contributed by atoms with Gasteiger partial charge in [-0.05, 0) is 77.0 Å². The van der Waals surface area contributed by atoms with Gasteiger partial charge in [-0.3, -0.25) is 0 Å². The predicted molar refractivity (Wildman–Crippen MR) is 86.8 cm³/mol. The van der Waals surface area contributed by atoms with Gasteiger partial charge >= 0.3 is 0 Å². The number of aryl methyl sites for hydroxylation is 2. The fourth-order valence-electron chi connectivity index (χ4n) is 2.84. The molecule has 0 aliphatic heterocycles. The number of halogens is 1. The van der Waals surface area contributed by atoms with Crippen molar-refractivity contribution in [1.29, 1.82) is 0 Å². The van der Waals surface area contributed by atoms with E-state index in [1.54, 1.807) is 0 Å². The second-order valence-corrected chi connectivity index (χ2v) is 6.28. The lowest BCUT2D eigenvalue weighted by molar-refractivity contribution is 0.598. The van der Waals surface area contributed by atoms with Crippen LogP contribution in [0.2, 0.25) is 0 Å². The molecular formula is C16H18BrN3. The molecule has 1 aromatic heterocycles. The molecule has 1 aliphatic carbocycles. The van der Waals surface area contributed by atoms with Crippen molar-refractivity contribution in [3.63, 3.8) is 0 Å². The number of rotatable bonds is 2. The monoisotopic (exact) mass is 331 g/mol. The van der Waals surface area contributed by atoms with E-state index in [0.717, 1.165) is 34.4 Å². The van der Waals surface area contributed by atoms with Crippen molar-refractivity contribution in [2.75, 3.05) is 11.1 Å². The number of fused-ring (bicyclic) bond motifs is 1. The molecular weight excluding hydrogens is 314 g/mol. The second kappa shape index (κ2) is 5.44. The first-order valence-corrected chi connectivity index (χ1v) is 7.70. The Morgan fingerprint density at radius 2 is 2.20 bits per heavy atom. The maximum Gasteiger partial charge on any atom is 0.129 e. The number of nitrogens with two attached hydrogens (primary N) is 1. The number of nitrogen functional groups attached to an aromatic ring is 1. The average Bonchev–Trinajstić information content (AvgIpc) is 2.41. The van der Waals surface area contributed by atoms with E-state index in [1.807, 2.05) is 12.3 Å². The van der Waals surface area contributed by atoms with Crippen LogP contribution >= 0.6 is 15.9 Å². The van der Waals surface area contributed by atoms with Gasteiger partial charge in [0.25, 0.3) is 0 Å². The highest BCUT2D eigenvalue weighted by molar-refractivity contribution is 9.10. The van der Waals surface area contributed by atoms with E-state index in [0.29, 0.717) is 6.04 Å². The van der Waals surface area contributed by atoms with E-state index >= 15 is 0 Å². The van der Waals surface area contributed by atoms with Crippen LogP contribution in [-0.2, 0) is 6.42 Å². The summed E-state index contributed by atoms with van der Waals surface area (Å²) in [5.41, 5.74) is 10.6. The Morgan fingerprint density at radius 3 is 3.00 bits per heavy atom.